The van der Waals surface area contributed by atoms with Crippen LogP contribution < -0.4 is 5.32 Å². The zero-order valence-corrected chi connectivity index (χ0v) is 10.8. The maximum absolute atomic E-state index is 6.14. The molecule has 2 aromatic rings. The van der Waals surface area contributed by atoms with Crippen LogP contribution in [0.3, 0.4) is 0 Å². The van der Waals surface area contributed by atoms with Gasteiger partial charge < -0.3 is 5.32 Å². The van der Waals surface area contributed by atoms with E-state index in [0.717, 1.165) is 30.0 Å². The normalized spacial score (nSPS) is 12.9. The van der Waals surface area contributed by atoms with E-state index in [1.807, 2.05) is 18.2 Å². The highest BCUT2D eigenvalue weighted by molar-refractivity contribution is 7.22. The molecule has 16 heavy (non-hydrogen) atoms. The van der Waals surface area contributed by atoms with Crippen molar-refractivity contribution in [1.82, 2.24) is 4.98 Å². The van der Waals surface area contributed by atoms with Gasteiger partial charge in [-0.15, -0.1) is 11.6 Å². The minimum atomic E-state index is 0.192. The summed E-state index contributed by atoms with van der Waals surface area (Å²) in [4.78, 5) is 4.49. The molecule has 4 heteroatoms. The molecule has 2 nitrogen and oxygen atoms in total. The van der Waals surface area contributed by atoms with Gasteiger partial charge >= 0.3 is 0 Å². The zero-order chi connectivity index (χ0) is 11.4. The maximum Gasteiger partial charge on any atom is 0.183 e. The fraction of sp³-hybridized carbons (Fsp3) is 0.417. The SMILES string of the molecule is CCCC(Cl)CNc1nc2ccccc2s1. The third-order valence-corrected chi connectivity index (χ3v) is 3.74. The second-order valence-electron chi connectivity index (χ2n) is 3.75. The fourth-order valence-corrected chi connectivity index (χ4v) is 2.73. The van der Waals surface area contributed by atoms with Crippen molar-refractivity contribution in [3.05, 3.63) is 24.3 Å². The molecule has 1 N–H and O–H groups in total. The molecule has 2 rings (SSSR count). The van der Waals surface area contributed by atoms with Gasteiger partial charge in [0.2, 0.25) is 0 Å². The van der Waals surface area contributed by atoms with Crippen molar-refractivity contribution in [2.45, 2.75) is 25.1 Å². The summed E-state index contributed by atoms with van der Waals surface area (Å²) in [6.07, 6.45) is 2.16. The zero-order valence-electron chi connectivity index (χ0n) is 9.24. The predicted molar refractivity (Wildman–Crippen MR) is 72.7 cm³/mol. The van der Waals surface area contributed by atoms with E-state index in [0.29, 0.717) is 0 Å². The van der Waals surface area contributed by atoms with Gasteiger partial charge in [0.05, 0.1) is 15.6 Å². The highest BCUT2D eigenvalue weighted by Crippen LogP contribution is 2.25. The Kier molecular flexibility index (Phi) is 4.02. The molecule has 1 aromatic heterocycles. The Labute approximate surface area is 105 Å². The topological polar surface area (TPSA) is 24.9 Å². The minimum absolute atomic E-state index is 0.192. The Bertz CT molecular complexity index is 422. The Hall–Kier alpha value is -0.800. The van der Waals surface area contributed by atoms with Crippen molar-refractivity contribution >= 4 is 38.3 Å². The smallest absolute Gasteiger partial charge is 0.183 e. The Morgan fingerprint density at radius 3 is 3.00 bits per heavy atom. The van der Waals surface area contributed by atoms with E-state index >= 15 is 0 Å². The predicted octanol–water partition coefficient (Wildman–Crippen LogP) is 4.12. The highest BCUT2D eigenvalue weighted by atomic mass is 35.5. The monoisotopic (exact) mass is 254 g/mol. The summed E-state index contributed by atoms with van der Waals surface area (Å²) in [5.74, 6) is 0. The molecule has 1 aromatic carbocycles. The minimum Gasteiger partial charge on any atom is -0.360 e. The standard InChI is InChI=1S/C12H15ClN2S/c1-2-5-9(13)8-14-12-15-10-6-3-4-7-11(10)16-12/h3-4,6-7,9H,2,5,8H2,1H3,(H,14,15). The number of anilines is 1. The van der Waals surface area contributed by atoms with Crippen LogP contribution in [0.15, 0.2) is 24.3 Å². The molecule has 86 valence electrons. The molecule has 0 fully saturated rings. The quantitative estimate of drug-likeness (QED) is 0.812. The van der Waals surface area contributed by atoms with E-state index in [4.69, 9.17) is 11.6 Å². The van der Waals surface area contributed by atoms with Gasteiger partial charge in [0, 0.05) is 6.54 Å². The van der Waals surface area contributed by atoms with E-state index < -0.39 is 0 Å². The summed E-state index contributed by atoms with van der Waals surface area (Å²) >= 11 is 7.82. The number of nitrogens with zero attached hydrogens (tertiary/aromatic N) is 1. The second-order valence-corrected chi connectivity index (χ2v) is 5.40. The van der Waals surface area contributed by atoms with Crippen LogP contribution >= 0.6 is 22.9 Å². The van der Waals surface area contributed by atoms with Crippen LogP contribution in [0.2, 0.25) is 0 Å². The number of hydrogen-bond donors (Lipinski definition) is 1. The molecule has 0 spiro atoms. The van der Waals surface area contributed by atoms with Crippen molar-refractivity contribution in [3.63, 3.8) is 0 Å². The summed E-state index contributed by atoms with van der Waals surface area (Å²) < 4.78 is 1.21. The van der Waals surface area contributed by atoms with Crippen molar-refractivity contribution in [2.75, 3.05) is 11.9 Å². The lowest BCUT2D eigenvalue weighted by molar-refractivity contribution is 0.752. The van der Waals surface area contributed by atoms with Gasteiger partial charge in [-0.05, 0) is 18.6 Å². The van der Waals surface area contributed by atoms with Crippen LogP contribution in [-0.4, -0.2) is 16.9 Å². The number of thiazole rings is 1. The van der Waals surface area contributed by atoms with Crippen LogP contribution in [0, 0.1) is 0 Å². The number of rotatable bonds is 5. The summed E-state index contributed by atoms with van der Waals surface area (Å²) in [5, 5.41) is 4.45. The molecule has 0 amide bonds. The van der Waals surface area contributed by atoms with Gasteiger partial charge in [0.25, 0.3) is 0 Å². The van der Waals surface area contributed by atoms with Crippen LogP contribution in [-0.2, 0) is 0 Å². The first-order valence-corrected chi connectivity index (χ1v) is 6.78. The number of nitrogens with one attached hydrogen (secondary N) is 1. The molecule has 0 bridgehead atoms. The third kappa shape index (κ3) is 2.86. The van der Waals surface area contributed by atoms with Gasteiger partial charge in [0.1, 0.15) is 0 Å². The van der Waals surface area contributed by atoms with Crippen LogP contribution in [0.5, 0.6) is 0 Å². The van der Waals surface area contributed by atoms with E-state index in [1.54, 1.807) is 11.3 Å². The fourth-order valence-electron chi connectivity index (χ4n) is 1.56. The van der Waals surface area contributed by atoms with Crippen molar-refractivity contribution < 1.29 is 0 Å². The first kappa shape index (κ1) is 11.7. The van der Waals surface area contributed by atoms with Crippen LogP contribution in [0.1, 0.15) is 19.8 Å². The van der Waals surface area contributed by atoms with E-state index in [-0.39, 0.29) is 5.38 Å². The van der Waals surface area contributed by atoms with Gasteiger partial charge in [-0.25, -0.2) is 4.98 Å². The molecule has 0 saturated heterocycles. The highest BCUT2D eigenvalue weighted by Gasteiger charge is 2.05. The molecule has 0 aliphatic heterocycles. The number of hydrogen-bond acceptors (Lipinski definition) is 3. The van der Waals surface area contributed by atoms with Crippen molar-refractivity contribution in [2.24, 2.45) is 0 Å². The molecule has 0 radical (unpaired) electrons. The van der Waals surface area contributed by atoms with Gasteiger partial charge in [0.15, 0.2) is 5.13 Å². The third-order valence-electron chi connectivity index (χ3n) is 2.37. The number of benzene rings is 1. The number of aromatic nitrogens is 1. The number of halogens is 1. The summed E-state index contributed by atoms with van der Waals surface area (Å²) in [6, 6.07) is 8.16. The number of fused-ring (bicyclic) bond motifs is 1. The van der Waals surface area contributed by atoms with Gasteiger partial charge in [-0.2, -0.15) is 0 Å². The van der Waals surface area contributed by atoms with E-state index in [1.165, 1.54) is 4.70 Å². The summed E-state index contributed by atoms with van der Waals surface area (Å²) in [5.41, 5.74) is 1.05. The lowest BCUT2D eigenvalue weighted by atomic mass is 10.2. The van der Waals surface area contributed by atoms with Crippen LogP contribution in [0.4, 0.5) is 5.13 Å². The first-order valence-electron chi connectivity index (χ1n) is 5.53. The Balaban J connectivity index is 1.99. The molecule has 0 aliphatic rings. The van der Waals surface area contributed by atoms with E-state index in [9.17, 15) is 0 Å². The molecule has 0 saturated carbocycles. The number of alkyl halides is 1. The Morgan fingerprint density at radius 1 is 1.44 bits per heavy atom. The molecular formula is C12H15ClN2S. The molecule has 1 heterocycles. The lowest BCUT2D eigenvalue weighted by Crippen LogP contribution is -2.13. The van der Waals surface area contributed by atoms with Crippen molar-refractivity contribution in [1.29, 1.82) is 0 Å². The summed E-state index contributed by atoms with van der Waals surface area (Å²) in [6.45, 7) is 2.93. The molecule has 1 unspecified atom stereocenters. The number of para-hydroxylation sites is 1. The largest absolute Gasteiger partial charge is 0.360 e. The average molecular weight is 255 g/mol. The Morgan fingerprint density at radius 2 is 2.25 bits per heavy atom. The first-order chi connectivity index (χ1) is 7.79. The van der Waals surface area contributed by atoms with Crippen molar-refractivity contribution in [3.8, 4) is 0 Å². The lowest BCUT2D eigenvalue weighted by Gasteiger charge is -2.07. The average Bonchev–Trinajstić information content (AvgIpc) is 2.69. The molecule has 1 atom stereocenters. The second kappa shape index (κ2) is 5.51. The summed E-state index contributed by atoms with van der Waals surface area (Å²) in [7, 11) is 0. The molecular weight excluding hydrogens is 240 g/mol. The maximum atomic E-state index is 6.14. The van der Waals surface area contributed by atoms with Gasteiger partial charge in [-0.3, -0.25) is 0 Å². The van der Waals surface area contributed by atoms with Crippen LogP contribution in [0.25, 0.3) is 10.2 Å². The van der Waals surface area contributed by atoms with Gasteiger partial charge in [-0.1, -0.05) is 36.8 Å². The molecule has 0 aliphatic carbocycles. The van der Waals surface area contributed by atoms with E-state index in [2.05, 4.69) is 23.3 Å².